The number of fused-ring (bicyclic) bond motifs is 1. The predicted octanol–water partition coefficient (Wildman–Crippen LogP) is 3.20. The monoisotopic (exact) mass is 377 g/mol. The molecule has 8 nitrogen and oxygen atoms in total. The molecule has 0 spiro atoms. The molecule has 0 fully saturated rings. The third-order valence-electron chi connectivity index (χ3n) is 4.08. The Morgan fingerprint density at radius 1 is 1.25 bits per heavy atom. The number of esters is 1. The molecule has 1 amide bonds. The van der Waals surface area contributed by atoms with Gasteiger partial charge in [-0.2, -0.15) is 5.26 Å². The van der Waals surface area contributed by atoms with Gasteiger partial charge in [0.2, 0.25) is 0 Å². The van der Waals surface area contributed by atoms with Crippen LogP contribution in [0.15, 0.2) is 42.9 Å². The number of unbranched alkanes of at least 4 members (excludes halogenated alkanes) is 2. The van der Waals surface area contributed by atoms with Crippen molar-refractivity contribution < 1.29 is 14.3 Å². The van der Waals surface area contributed by atoms with Crippen LogP contribution in [0.3, 0.4) is 0 Å². The zero-order chi connectivity index (χ0) is 19.9. The zero-order valence-corrected chi connectivity index (χ0v) is 15.4. The Morgan fingerprint density at radius 2 is 2.04 bits per heavy atom. The van der Waals surface area contributed by atoms with Crippen molar-refractivity contribution in [3.05, 3.63) is 59.8 Å². The first-order chi connectivity index (χ1) is 13.6. The van der Waals surface area contributed by atoms with Crippen molar-refractivity contribution in [3.63, 3.8) is 0 Å². The molecular formula is C20H19N5O3. The molecule has 1 aromatic carbocycles. The molecule has 0 radical (unpaired) electrons. The number of aromatic nitrogens is 3. The number of imidazole rings is 1. The quantitative estimate of drug-likeness (QED) is 0.500. The fourth-order valence-electron chi connectivity index (χ4n) is 2.65. The standard InChI is InChI=1S/C20H19N5O3/c1-2-3-7-10-28-20(27)16-12-25-13-22-15(11-21)17(25)18(23-16)24-19(26)14-8-5-4-6-9-14/h4-6,8-9,12-13H,2-3,7,10H2,1H3,(H,23,24,26). The van der Waals surface area contributed by atoms with Crippen LogP contribution in [0.2, 0.25) is 0 Å². The van der Waals surface area contributed by atoms with Crippen LogP contribution in [0, 0.1) is 11.3 Å². The van der Waals surface area contributed by atoms with Crippen molar-refractivity contribution in [1.82, 2.24) is 14.4 Å². The molecule has 3 aromatic rings. The van der Waals surface area contributed by atoms with Crippen LogP contribution < -0.4 is 5.32 Å². The molecule has 0 atom stereocenters. The molecule has 2 aromatic heterocycles. The molecule has 0 aliphatic heterocycles. The Morgan fingerprint density at radius 3 is 2.75 bits per heavy atom. The molecule has 0 saturated heterocycles. The summed E-state index contributed by atoms with van der Waals surface area (Å²) in [6, 6.07) is 10.5. The van der Waals surface area contributed by atoms with Crippen molar-refractivity contribution in [2.45, 2.75) is 26.2 Å². The fourth-order valence-corrected chi connectivity index (χ4v) is 2.65. The highest BCUT2D eigenvalue weighted by molar-refractivity contribution is 6.06. The highest BCUT2D eigenvalue weighted by Gasteiger charge is 2.19. The zero-order valence-electron chi connectivity index (χ0n) is 15.4. The van der Waals surface area contributed by atoms with Crippen LogP contribution >= 0.6 is 0 Å². The molecule has 28 heavy (non-hydrogen) atoms. The number of hydrogen-bond donors (Lipinski definition) is 1. The smallest absolute Gasteiger partial charge is 0.358 e. The minimum absolute atomic E-state index is 0.0225. The van der Waals surface area contributed by atoms with Crippen LogP contribution in [0.5, 0.6) is 0 Å². The first-order valence-electron chi connectivity index (χ1n) is 8.95. The molecule has 0 bridgehead atoms. The fraction of sp³-hybridized carbons (Fsp3) is 0.250. The van der Waals surface area contributed by atoms with Gasteiger partial charge in [0.05, 0.1) is 6.61 Å². The van der Waals surface area contributed by atoms with E-state index >= 15 is 0 Å². The Bertz CT molecular complexity index is 1040. The molecule has 3 rings (SSSR count). The minimum atomic E-state index is -0.597. The molecular weight excluding hydrogens is 358 g/mol. The van der Waals surface area contributed by atoms with Crippen molar-refractivity contribution >= 4 is 23.2 Å². The highest BCUT2D eigenvalue weighted by atomic mass is 16.5. The maximum absolute atomic E-state index is 12.5. The summed E-state index contributed by atoms with van der Waals surface area (Å²) in [5.41, 5.74) is 0.857. The first kappa shape index (κ1) is 19.0. The van der Waals surface area contributed by atoms with Gasteiger partial charge in [-0.3, -0.25) is 9.20 Å². The molecule has 8 heteroatoms. The topological polar surface area (TPSA) is 109 Å². The van der Waals surface area contributed by atoms with Crippen LogP contribution in [-0.4, -0.2) is 32.9 Å². The number of rotatable bonds is 7. The average Bonchev–Trinajstić information content (AvgIpc) is 3.15. The van der Waals surface area contributed by atoms with E-state index in [0.717, 1.165) is 19.3 Å². The summed E-state index contributed by atoms with van der Waals surface area (Å²) in [6.45, 7) is 2.36. The lowest BCUT2D eigenvalue weighted by Crippen LogP contribution is -2.17. The molecule has 0 aliphatic carbocycles. The molecule has 1 N–H and O–H groups in total. The van der Waals surface area contributed by atoms with Gasteiger partial charge in [0.15, 0.2) is 17.2 Å². The number of ether oxygens (including phenoxy) is 1. The molecule has 0 aliphatic rings. The van der Waals surface area contributed by atoms with E-state index in [4.69, 9.17) is 4.74 Å². The Balaban J connectivity index is 1.92. The molecule has 142 valence electrons. The number of carbonyl (C=O) groups is 2. The van der Waals surface area contributed by atoms with Crippen LogP contribution in [0.4, 0.5) is 5.82 Å². The Labute approximate surface area is 161 Å². The number of hydrogen-bond acceptors (Lipinski definition) is 6. The van der Waals surface area contributed by atoms with Crippen molar-refractivity contribution in [3.8, 4) is 6.07 Å². The highest BCUT2D eigenvalue weighted by Crippen LogP contribution is 2.20. The number of nitriles is 1. The second-order valence-corrected chi connectivity index (χ2v) is 6.10. The van der Waals surface area contributed by atoms with E-state index in [-0.39, 0.29) is 17.2 Å². The van der Waals surface area contributed by atoms with Gasteiger partial charge in [-0.15, -0.1) is 0 Å². The summed E-state index contributed by atoms with van der Waals surface area (Å²) in [6.07, 6.45) is 5.57. The summed E-state index contributed by atoms with van der Waals surface area (Å²) >= 11 is 0. The third kappa shape index (κ3) is 4.15. The Hall–Kier alpha value is -3.73. The maximum Gasteiger partial charge on any atom is 0.358 e. The van der Waals surface area contributed by atoms with Gasteiger partial charge in [0.1, 0.15) is 17.9 Å². The van der Waals surface area contributed by atoms with Crippen LogP contribution in [0.25, 0.3) is 5.52 Å². The van der Waals surface area contributed by atoms with Crippen LogP contribution in [-0.2, 0) is 4.74 Å². The largest absolute Gasteiger partial charge is 0.461 e. The van der Waals surface area contributed by atoms with E-state index in [1.165, 1.54) is 16.9 Å². The van der Waals surface area contributed by atoms with Crippen LogP contribution in [0.1, 0.15) is 52.7 Å². The average molecular weight is 377 g/mol. The van der Waals surface area contributed by atoms with E-state index in [2.05, 4.69) is 22.2 Å². The number of carbonyl (C=O) groups excluding carboxylic acids is 2. The number of nitrogens with one attached hydrogen (secondary N) is 1. The SMILES string of the molecule is CCCCCOC(=O)c1cn2cnc(C#N)c2c(NC(=O)c2ccccc2)n1. The van der Waals surface area contributed by atoms with Crippen molar-refractivity contribution in [1.29, 1.82) is 5.26 Å². The van der Waals surface area contributed by atoms with Crippen molar-refractivity contribution in [2.75, 3.05) is 11.9 Å². The molecule has 0 unspecified atom stereocenters. The lowest BCUT2D eigenvalue weighted by molar-refractivity contribution is 0.0490. The molecule has 0 saturated carbocycles. The van der Waals surface area contributed by atoms with Gasteiger partial charge >= 0.3 is 5.97 Å². The first-order valence-corrected chi connectivity index (χ1v) is 8.95. The van der Waals surface area contributed by atoms with E-state index in [1.54, 1.807) is 30.3 Å². The third-order valence-corrected chi connectivity index (χ3v) is 4.08. The minimum Gasteiger partial charge on any atom is -0.461 e. The lowest BCUT2D eigenvalue weighted by atomic mass is 10.2. The van der Waals surface area contributed by atoms with E-state index in [0.29, 0.717) is 17.7 Å². The van der Waals surface area contributed by atoms with E-state index < -0.39 is 11.9 Å². The second-order valence-electron chi connectivity index (χ2n) is 6.10. The summed E-state index contributed by atoms with van der Waals surface area (Å²) in [5, 5.41) is 12.0. The lowest BCUT2D eigenvalue weighted by Gasteiger charge is -2.10. The van der Waals surface area contributed by atoms with E-state index in [1.807, 2.05) is 6.07 Å². The summed E-state index contributed by atoms with van der Waals surface area (Å²) in [7, 11) is 0. The predicted molar refractivity (Wildman–Crippen MR) is 102 cm³/mol. The number of benzene rings is 1. The van der Waals surface area contributed by atoms with Crippen molar-refractivity contribution in [2.24, 2.45) is 0 Å². The number of amides is 1. The van der Waals surface area contributed by atoms with Gasteiger partial charge in [-0.25, -0.2) is 14.8 Å². The Kier molecular flexibility index (Phi) is 5.97. The summed E-state index contributed by atoms with van der Waals surface area (Å²) in [4.78, 5) is 33.1. The van der Waals surface area contributed by atoms with Gasteiger partial charge in [-0.1, -0.05) is 38.0 Å². The normalized spacial score (nSPS) is 10.4. The number of nitrogens with zero attached hydrogens (tertiary/aromatic N) is 4. The van der Waals surface area contributed by atoms with E-state index in [9.17, 15) is 14.9 Å². The summed E-state index contributed by atoms with van der Waals surface area (Å²) in [5.74, 6) is -0.931. The van der Waals surface area contributed by atoms with Gasteiger partial charge in [-0.05, 0) is 18.6 Å². The molecule has 2 heterocycles. The maximum atomic E-state index is 12.5. The van der Waals surface area contributed by atoms with Gasteiger partial charge in [0.25, 0.3) is 5.91 Å². The second kappa shape index (κ2) is 8.77. The number of anilines is 1. The van der Waals surface area contributed by atoms with Gasteiger partial charge in [0, 0.05) is 11.8 Å². The summed E-state index contributed by atoms with van der Waals surface area (Å²) < 4.78 is 6.72. The van der Waals surface area contributed by atoms with Gasteiger partial charge < -0.3 is 10.1 Å².